The van der Waals surface area contributed by atoms with Gasteiger partial charge in [-0.2, -0.15) is 0 Å². The lowest BCUT2D eigenvalue weighted by Gasteiger charge is -2.22. The summed E-state index contributed by atoms with van der Waals surface area (Å²) in [5.41, 5.74) is 8.93. The third-order valence-electron chi connectivity index (χ3n) is 5.71. The lowest BCUT2D eigenvalue weighted by atomic mass is 10.0. The smallest absolute Gasteiger partial charge is 0.408 e. The zero-order valence-electron chi connectivity index (χ0n) is 25.6. The second-order valence-electron chi connectivity index (χ2n) is 11.1. The number of amides is 3. The Kier molecular flexibility index (Phi) is 11.6. The predicted molar refractivity (Wildman–Crippen MR) is 162 cm³/mol. The SMILES string of the molecule is CCCN(OCCNC(=O)OC(C)C)C(=O)C1=Cc2ccc(-c3cnc(CNC(=O)OC(C)(C)C)nc3)cc2N=C(N)C1. The zero-order chi connectivity index (χ0) is 31.6. The van der Waals surface area contributed by atoms with Crippen LogP contribution in [0.3, 0.4) is 0 Å². The third-order valence-corrected chi connectivity index (χ3v) is 5.71. The normalized spacial score (nSPS) is 12.8. The monoisotopic (exact) mass is 595 g/mol. The maximum Gasteiger partial charge on any atom is 0.408 e. The Labute approximate surface area is 251 Å². The Morgan fingerprint density at radius 1 is 1.07 bits per heavy atom. The first kappa shape index (κ1) is 33.0. The highest BCUT2D eigenvalue weighted by Gasteiger charge is 2.23. The van der Waals surface area contributed by atoms with Gasteiger partial charge in [-0.25, -0.2) is 29.6 Å². The number of benzene rings is 1. The highest BCUT2D eigenvalue weighted by atomic mass is 16.7. The van der Waals surface area contributed by atoms with Crippen LogP contribution in [-0.2, 0) is 25.7 Å². The number of amidine groups is 1. The Hall–Kier alpha value is -4.52. The van der Waals surface area contributed by atoms with Crippen LogP contribution in [0.1, 0.15) is 65.8 Å². The van der Waals surface area contributed by atoms with Crippen molar-refractivity contribution < 1.29 is 28.7 Å². The predicted octanol–water partition coefficient (Wildman–Crippen LogP) is 4.25. The number of carbonyl (C=O) groups is 3. The van der Waals surface area contributed by atoms with Crippen LogP contribution in [0.2, 0.25) is 0 Å². The number of nitrogens with one attached hydrogen (secondary N) is 2. The van der Waals surface area contributed by atoms with E-state index in [0.29, 0.717) is 30.1 Å². The van der Waals surface area contributed by atoms with Gasteiger partial charge in [0, 0.05) is 48.6 Å². The van der Waals surface area contributed by atoms with Gasteiger partial charge in [0.1, 0.15) is 17.3 Å². The lowest BCUT2D eigenvalue weighted by molar-refractivity contribution is -0.181. The average molecular weight is 596 g/mol. The van der Waals surface area contributed by atoms with Crippen LogP contribution < -0.4 is 16.4 Å². The molecule has 0 atom stereocenters. The summed E-state index contributed by atoms with van der Waals surface area (Å²) < 4.78 is 10.3. The lowest BCUT2D eigenvalue weighted by Crippen LogP contribution is -2.37. The molecule has 4 N–H and O–H groups in total. The van der Waals surface area contributed by atoms with Crippen LogP contribution in [0.4, 0.5) is 15.3 Å². The first-order valence-electron chi connectivity index (χ1n) is 14.2. The van der Waals surface area contributed by atoms with Crippen molar-refractivity contribution in [2.75, 3.05) is 19.7 Å². The number of fused-ring (bicyclic) bond motifs is 1. The molecule has 1 aromatic heterocycles. The van der Waals surface area contributed by atoms with Gasteiger partial charge in [0.25, 0.3) is 5.91 Å². The van der Waals surface area contributed by atoms with Gasteiger partial charge in [-0.05, 0) is 58.7 Å². The summed E-state index contributed by atoms with van der Waals surface area (Å²) in [7, 11) is 0. The highest BCUT2D eigenvalue weighted by Crippen LogP contribution is 2.31. The van der Waals surface area contributed by atoms with E-state index in [-0.39, 0.29) is 44.0 Å². The fourth-order valence-electron chi connectivity index (χ4n) is 3.92. The van der Waals surface area contributed by atoms with Gasteiger partial charge in [0.2, 0.25) is 0 Å². The average Bonchev–Trinajstić information content (AvgIpc) is 3.09. The summed E-state index contributed by atoms with van der Waals surface area (Å²) in [4.78, 5) is 55.9. The summed E-state index contributed by atoms with van der Waals surface area (Å²) in [5, 5.41) is 6.51. The largest absolute Gasteiger partial charge is 0.447 e. The summed E-state index contributed by atoms with van der Waals surface area (Å²) in [6.45, 7) is 11.6. The summed E-state index contributed by atoms with van der Waals surface area (Å²) in [5.74, 6) is 0.387. The number of aromatic nitrogens is 2. The quantitative estimate of drug-likeness (QED) is 0.254. The summed E-state index contributed by atoms with van der Waals surface area (Å²) >= 11 is 0. The number of carbonyl (C=O) groups excluding carboxylic acids is 3. The van der Waals surface area contributed by atoms with Gasteiger partial charge in [0.05, 0.1) is 24.9 Å². The number of nitrogens with zero attached hydrogens (tertiary/aromatic N) is 4. The first-order valence-corrected chi connectivity index (χ1v) is 14.2. The Bertz CT molecular complexity index is 1350. The van der Waals surface area contributed by atoms with Crippen LogP contribution in [0.5, 0.6) is 0 Å². The molecule has 0 radical (unpaired) electrons. The van der Waals surface area contributed by atoms with E-state index in [1.54, 1.807) is 53.1 Å². The number of alkyl carbamates (subject to hydrolysis) is 2. The Balaban J connectivity index is 1.69. The topological polar surface area (TPSA) is 170 Å². The van der Waals surface area contributed by atoms with E-state index < -0.39 is 17.8 Å². The molecule has 2 heterocycles. The van der Waals surface area contributed by atoms with Crippen molar-refractivity contribution in [3.05, 3.63) is 47.6 Å². The highest BCUT2D eigenvalue weighted by molar-refractivity contribution is 6.05. The molecule has 3 rings (SSSR count). The molecule has 13 heteroatoms. The van der Waals surface area contributed by atoms with Crippen molar-refractivity contribution in [2.24, 2.45) is 10.7 Å². The van der Waals surface area contributed by atoms with E-state index >= 15 is 0 Å². The Morgan fingerprint density at radius 2 is 1.79 bits per heavy atom. The van der Waals surface area contributed by atoms with Crippen molar-refractivity contribution in [1.29, 1.82) is 0 Å². The number of rotatable bonds is 11. The van der Waals surface area contributed by atoms with Gasteiger partial charge in [-0.15, -0.1) is 0 Å². The van der Waals surface area contributed by atoms with Gasteiger partial charge in [-0.3, -0.25) is 9.63 Å². The molecule has 2 aromatic rings. The molecule has 0 unspecified atom stereocenters. The second kappa shape index (κ2) is 15.1. The van der Waals surface area contributed by atoms with E-state index in [4.69, 9.17) is 20.0 Å². The molecule has 43 heavy (non-hydrogen) atoms. The van der Waals surface area contributed by atoms with E-state index in [1.165, 1.54) is 5.06 Å². The molecule has 13 nitrogen and oxygen atoms in total. The van der Waals surface area contributed by atoms with E-state index in [2.05, 4.69) is 25.6 Å². The molecule has 1 aliphatic heterocycles. The van der Waals surface area contributed by atoms with Crippen LogP contribution in [0.15, 0.2) is 41.2 Å². The fourth-order valence-corrected chi connectivity index (χ4v) is 3.92. The third kappa shape index (κ3) is 10.7. The van der Waals surface area contributed by atoms with Crippen LogP contribution >= 0.6 is 0 Å². The molecule has 0 spiro atoms. The molecular weight excluding hydrogens is 554 g/mol. The van der Waals surface area contributed by atoms with Crippen molar-refractivity contribution in [2.45, 2.75) is 72.6 Å². The van der Waals surface area contributed by atoms with Crippen LogP contribution in [-0.4, -0.2) is 70.4 Å². The molecule has 232 valence electrons. The number of ether oxygens (including phenoxy) is 2. The van der Waals surface area contributed by atoms with Crippen molar-refractivity contribution in [1.82, 2.24) is 25.7 Å². The second-order valence-corrected chi connectivity index (χ2v) is 11.1. The number of hydrogen-bond acceptors (Lipinski definition) is 10. The molecule has 0 aliphatic carbocycles. The number of aliphatic imine (C=N–C) groups is 1. The maximum atomic E-state index is 13.4. The molecule has 0 saturated carbocycles. The Morgan fingerprint density at radius 3 is 2.44 bits per heavy atom. The minimum Gasteiger partial charge on any atom is -0.447 e. The van der Waals surface area contributed by atoms with E-state index in [0.717, 1.165) is 16.7 Å². The minimum absolute atomic E-state index is 0.0909. The van der Waals surface area contributed by atoms with Crippen molar-refractivity contribution in [3.63, 3.8) is 0 Å². The molecular formula is C30H41N7O6. The molecule has 0 fully saturated rings. The molecule has 1 aromatic carbocycles. The van der Waals surface area contributed by atoms with Crippen LogP contribution in [0, 0.1) is 0 Å². The maximum absolute atomic E-state index is 13.4. The van der Waals surface area contributed by atoms with Gasteiger partial charge >= 0.3 is 12.2 Å². The standard InChI is InChI=1S/C30H41N7O6/c1-7-11-37(41-12-10-32-28(39)42-19(2)3)27(38)22-13-21-9-8-20(14-24(21)36-25(31)15-22)23-16-33-26(34-17-23)18-35-29(40)43-30(4,5)6/h8-9,13-14,16-17,19H,7,10-12,15,18H2,1-6H3,(H2,31,36)(H,32,39)(H,35,40). The molecule has 0 bridgehead atoms. The summed E-state index contributed by atoms with van der Waals surface area (Å²) in [6, 6.07) is 5.59. The molecule has 3 amide bonds. The van der Waals surface area contributed by atoms with Gasteiger partial charge in [-0.1, -0.05) is 19.1 Å². The fraction of sp³-hybridized carbons (Fsp3) is 0.467. The van der Waals surface area contributed by atoms with Gasteiger partial charge < -0.3 is 25.8 Å². The van der Waals surface area contributed by atoms with Crippen LogP contribution in [0.25, 0.3) is 17.2 Å². The van der Waals surface area contributed by atoms with Crippen molar-refractivity contribution in [3.8, 4) is 11.1 Å². The molecule has 1 aliphatic rings. The van der Waals surface area contributed by atoms with Gasteiger partial charge in [0.15, 0.2) is 0 Å². The molecule has 0 saturated heterocycles. The van der Waals surface area contributed by atoms with E-state index in [1.807, 2.05) is 25.1 Å². The number of hydroxylamine groups is 2. The van der Waals surface area contributed by atoms with Crippen molar-refractivity contribution >= 4 is 35.7 Å². The zero-order valence-corrected chi connectivity index (χ0v) is 25.6. The number of nitrogens with two attached hydrogens (primary N) is 1. The minimum atomic E-state index is -0.596. The summed E-state index contributed by atoms with van der Waals surface area (Å²) in [6.07, 6.45) is 4.57. The van der Waals surface area contributed by atoms with E-state index in [9.17, 15) is 14.4 Å². The number of hydrogen-bond donors (Lipinski definition) is 3. The first-order chi connectivity index (χ1) is 20.3.